The predicted molar refractivity (Wildman–Crippen MR) is 81.5 cm³/mol. The second-order valence-corrected chi connectivity index (χ2v) is 5.36. The Balaban J connectivity index is 2.70. The first kappa shape index (κ1) is 16.8. The van der Waals surface area contributed by atoms with Crippen molar-refractivity contribution in [3.63, 3.8) is 0 Å². The SMILES string of the molecule is COc1ccc(OCC(C)OC)c(CNCC(C)C)c1. The smallest absolute Gasteiger partial charge is 0.124 e. The molecular formula is C16H27NO3. The number of ether oxygens (including phenoxy) is 3. The van der Waals surface area contributed by atoms with Crippen LogP contribution in [0.3, 0.4) is 0 Å². The van der Waals surface area contributed by atoms with E-state index in [4.69, 9.17) is 14.2 Å². The summed E-state index contributed by atoms with van der Waals surface area (Å²) in [5.74, 6) is 2.35. The second kappa shape index (κ2) is 8.82. The number of hydrogen-bond acceptors (Lipinski definition) is 4. The van der Waals surface area contributed by atoms with E-state index in [9.17, 15) is 0 Å². The zero-order chi connectivity index (χ0) is 15.0. The van der Waals surface area contributed by atoms with Crippen molar-refractivity contribution in [1.29, 1.82) is 0 Å². The Morgan fingerprint density at radius 3 is 2.50 bits per heavy atom. The van der Waals surface area contributed by atoms with Crippen LogP contribution in [0, 0.1) is 5.92 Å². The van der Waals surface area contributed by atoms with E-state index >= 15 is 0 Å². The first-order valence-electron chi connectivity index (χ1n) is 7.10. The van der Waals surface area contributed by atoms with Gasteiger partial charge in [0.2, 0.25) is 0 Å². The summed E-state index contributed by atoms with van der Waals surface area (Å²) in [6.45, 7) is 8.66. The van der Waals surface area contributed by atoms with Crippen molar-refractivity contribution in [1.82, 2.24) is 5.32 Å². The van der Waals surface area contributed by atoms with Gasteiger partial charge in [-0.2, -0.15) is 0 Å². The van der Waals surface area contributed by atoms with Gasteiger partial charge >= 0.3 is 0 Å². The highest BCUT2D eigenvalue weighted by Crippen LogP contribution is 2.24. The van der Waals surface area contributed by atoms with E-state index in [1.807, 2.05) is 25.1 Å². The summed E-state index contributed by atoms with van der Waals surface area (Å²) in [5.41, 5.74) is 1.10. The molecule has 0 saturated heterocycles. The summed E-state index contributed by atoms with van der Waals surface area (Å²) in [7, 11) is 3.36. The lowest BCUT2D eigenvalue weighted by Gasteiger charge is -2.16. The summed E-state index contributed by atoms with van der Waals surface area (Å²) in [4.78, 5) is 0. The number of hydrogen-bond donors (Lipinski definition) is 1. The molecule has 1 unspecified atom stereocenters. The van der Waals surface area contributed by atoms with Gasteiger partial charge in [-0.15, -0.1) is 0 Å². The summed E-state index contributed by atoms with van der Waals surface area (Å²) >= 11 is 0. The molecule has 0 spiro atoms. The van der Waals surface area contributed by atoms with E-state index < -0.39 is 0 Å². The number of rotatable bonds is 9. The van der Waals surface area contributed by atoms with Crippen LogP contribution in [0.4, 0.5) is 0 Å². The van der Waals surface area contributed by atoms with E-state index in [0.29, 0.717) is 12.5 Å². The van der Waals surface area contributed by atoms with E-state index in [1.54, 1.807) is 14.2 Å². The Hall–Kier alpha value is -1.26. The van der Waals surface area contributed by atoms with Gasteiger partial charge in [-0.25, -0.2) is 0 Å². The van der Waals surface area contributed by atoms with Crippen molar-refractivity contribution in [3.8, 4) is 11.5 Å². The van der Waals surface area contributed by atoms with Gasteiger partial charge in [0.15, 0.2) is 0 Å². The molecule has 0 saturated carbocycles. The van der Waals surface area contributed by atoms with Gasteiger partial charge in [-0.3, -0.25) is 0 Å². The minimum Gasteiger partial charge on any atom is -0.497 e. The molecule has 4 heteroatoms. The third kappa shape index (κ3) is 5.80. The lowest BCUT2D eigenvalue weighted by molar-refractivity contribution is 0.0712. The van der Waals surface area contributed by atoms with Gasteiger partial charge in [0, 0.05) is 19.2 Å². The highest BCUT2D eigenvalue weighted by Gasteiger charge is 2.08. The molecule has 0 amide bonds. The van der Waals surface area contributed by atoms with Crippen molar-refractivity contribution >= 4 is 0 Å². The standard InChI is InChI=1S/C16H27NO3/c1-12(2)9-17-10-14-8-15(19-5)6-7-16(14)20-11-13(3)18-4/h6-8,12-13,17H,9-11H2,1-5H3. The Labute approximate surface area is 122 Å². The molecule has 0 bridgehead atoms. The lowest BCUT2D eigenvalue weighted by atomic mass is 10.1. The van der Waals surface area contributed by atoms with E-state index in [2.05, 4.69) is 19.2 Å². The normalized spacial score (nSPS) is 12.5. The molecule has 1 aromatic carbocycles. The Bertz CT molecular complexity index is 393. The Morgan fingerprint density at radius 1 is 1.15 bits per heavy atom. The van der Waals surface area contributed by atoms with Crippen LogP contribution in [0.1, 0.15) is 26.3 Å². The first-order chi connectivity index (χ1) is 9.56. The molecule has 0 fully saturated rings. The first-order valence-corrected chi connectivity index (χ1v) is 7.10. The fourth-order valence-electron chi connectivity index (χ4n) is 1.73. The van der Waals surface area contributed by atoms with Crippen LogP contribution in [-0.2, 0) is 11.3 Å². The summed E-state index contributed by atoms with van der Waals surface area (Å²) in [6.07, 6.45) is 0.0774. The van der Waals surface area contributed by atoms with Gasteiger partial charge in [-0.1, -0.05) is 13.8 Å². The molecule has 20 heavy (non-hydrogen) atoms. The molecule has 0 heterocycles. The van der Waals surface area contributed by atoms with Gasteiger partial charge < -0.3 is 19.5 Å². The van der Waals surface area contributed by atoms with Crippen molar-refractivity contribution < 1.29 is 14.2 Å². The molecule has 1 rings (SSSR count). The lowest BCUT2D eigenvalue weighted by Crippen LogP contribution is -2.21. The molecule has 0 aromatic heterocycles. The van der Waals surface area contributed by atoms with Crippen LogP contribution in [-0.4, -0.2) is 33.5 Å². The fraction of sp³-hybridized carbons (Fsp3) is 0.625. The summed E-state index contributed by atoms with van der Waals surface area (Å²) in [6, 6.07) is 5.88. The fourth-order valence-corrected chi connectivity index (χ4v) is 1.73. The molecule has 4 nitrogen and oxygen atoms in total. The van der Waals surface area contributed by atoms with Crippen LogP contribution in [0.2, 0.25) is 0 Å². The van der Waals surface area contributed by atoms with Crippen molar-refractivity contribution in [2.75, 3.05) is 27.4 Å². The van der Waals surface area contributed by atoms with Gasteiger partial charge in [-0.05, 0) is 37.6 Å². The molecule has 0 radical (unpaired) electrons. The quantitative estimate of drug-likeness (QED) is 0.755. The third-order valence-electron chi connectivity index (χ3n) is 3.01. The minimum absolute atomic E-state index is 0.0774. The van der Waals surface area contributed by atoms with Crippen LogP contribution >= 0.6 is 0 Å². The van der Waals surface area contributed by atoms with E-state index in [0.717, 1.165) is 30.2 Å². The maximum Gasteiger partial charge on any atom is 0.124 e. The van der Waals surface area contributed by atoms with Crippen molar-refractivity contribution in [2.24, 2.45) is 5.92 Å². The van der Waals surface area contributed by atoms with Crippen LogP contribution in [0.25, 0.3) is 0 Å². The monoisotopic (exact) mass is 281 g/mol. The van der Waals surface area contributed by atoms with E-state index in [1.165, 1.54) is 0 Å². The van der Waals surface area contributed by atoms with Crippen molar-refractivity contribution in [2.45, 2.75) is 33.4 Å². The van der Waals surface area contributed by atoms with Gasteiger partial charge in [0.1, 0.15) is 18.1 Å². The molecule has 1 atom stereocenters. The van der Waals surface area contributed by atoms with Crippen LogP contribution in [0.5, 0.6) is 11.5 Å². The van der Waals surface area contributed by atoms with Crippen LogP contribution in [0.15, 0.2) is 18.2 Å². The molecule has 0 aliphatic carbocycles. The zero-order valence-corrected chi connectivity index (χ0v) is 13.2. The molecule has 1 aromatic rings. The van der Waals surface area contributed by atoms with Crippen molar-refractivity contribution in [3.05, 3.63) is 23.8 Å². The van der Waals surface area contributed by atoms with Gasteiger partial charge in [0.05, 0.1) is 13.2 Å². The average molecular weight is 281 g/mol. The minimum atomic E-state index is 0.0774. The number of benzene rings is 1. The molecule has 0 aliphatic rings. The topological polar surface area (TPSA) is 39.7 Å². The predicted octanol–water partition coefficient (Wildman–Crippen LogP) is 2.85. The highest BCUT2D eigenvalue weighted by atomic mass is 16.5. The van der Waals surface area contributed by atoms with Crippen LogP contribution < -0.4 is 14.8 Å². The molecular weight excluding hydrogens is 254 g/mol. The maximum atomic E-state index is 5.83. The molecule has 1 N–H and O–H groups in total. The molecule has 0 aliphatic heterocycles. The largest absolute Gasteiger partial charge is 0.497 e. The highest BCUT2D eigenvalue weighted by molar-refractivity contribution is 5.40. The van der Waals surface area contributed by atoms with E-state index in [-0.39, 0.29) is 6.10 Å². The summed E-state index contributed by atoms with van der Waals surface area (Å²) in [5, 5.41) is 3.43. The third-order valence-corrected chi connectivity index (χ3v) is 3.01. The summed E-state index contributed by atoms with van der Waals surface area (Å²) < 4.78 is 16.3. The number of nitrogens with one attached hydrogen (secondary N) is 1. The Morgan fingerprint density at radius 2 is 1.90 bits per heavy atom. The Kier molecular flexibility index (Phi) is 7.41. The van der Waals surface area contributed by atoms with Gasteiger partial charge in [0.25, 0.3) is 0 Å². The molecule has 114 valence electrons. The number of methoxy groups -OCH3 is 2. The zero-order valence-electron chi connectivity index (χ0n) is 13.2. The maximum absolute atomic E-state index is 5.83. The average Bonchev–Trinajstić information content (AvgIpc) is 2.44. The second-order valence-electron chi connectivity index (χ2n) is 5.36.